The Labute approximate surface area is 82.1 Å². The highest BCUT2D eigenvalue weighted by Gasteiger charge is 2.04. The van der Waals surface area contributed by atoms with Gasteiger partial charge in [-0.15, -0.1) is 11.8 Å². The molecule has 1 N–H and O–H groups in total. The molecule has 2 heteroatoms. The van der Waals surface area contributed by atoms with Gasteiger partial charge in [-0.2, -0.15) is 0 Å². The van der Waals surface area contributed by atoms with E-state index in [0.717, 1.165) is 19.6 Å². The maximum atomic E-state index is 5.12. The third kappa shape index (κ3) is 7.83. The highest BCUT2D eigenvalue weighted by atomic mass is 16.5. The molecule has 0 heterocycles. The van der Waals surface area contributed by atoms with E-state index in [4.69, 9.17) is 4.74 Å². The highest BCUT2D eigenvalue weighted by molar-refractivity contribution is 4.95. The monoisotopic (exact) mass is 183 g/mol. The van der Waals surface area contributed by atoms with Crippen molar-refractivity contribution in [2.45, 2.75) is 39.2 Å². The molecule has 0 aromatic carbocycles. The molecular formula is C11H21NO. The van der Waals surface area contributed by atoms with Crippen LogP contribution in [0.25, 0.3) is 0 Å². The Morgan fingerprint density at radius 2 is 2.23 bits per heavy atom. The smallest absolute Gasteiger partial charge is 0.0615 e. The second-order valence-electron chi connectivity index (χ2n) is 3.07. The molecule has 0 radical (unpaired) electrons. The summed E-state index contributed by atoms with van der Waals surface area (Å²) >= 11 is 0. The molecule has 0 aliphatic rings. The van der Waals surface area contributed by atoms with E-state index in [0.29, 0.717) is 6.04 Å². The summed E-state index contributed by atoms with van der Waals surface area (Å²) in [6, 6.07) is 0.494. The molecule has 0 spiro atoms. The van der Waals surface area contributed by atoms with E-state index < -0.39 is 0 Å². The molecule has 0 rings (SSSR count). The standard InChI is InChI=1S/C11H21NO/c1-4-6-7-9-12-11(8-5-2)10-13-3/h11-12H,5,7-10H2,1-3H3. The van der Waals surface area contributed by atoms with Gasteiger partial charge in [0.25, 0.3) is 0 Å². The topological polar surface area (TPSA) is 21.3 Å². The third-order valence-corrected chi connectivity index (χ3v) is 1.86. The molecule has 0 aliphatic heterocycles. The average Bonchev–Trinajstić information content (AvgIpc) is 2.13. The molecule has 0 fully saturated rings. The number of hydrogen-bond donors (Lipinski definition) is 1. The normalized spacial score (nSPS) is 11.9. The van der Waals surface area contributed by atoms with Gasteiger partial charge in [0, 0.05) is 26.1 Å². The van der Waals surface area contributed by atoms with Crippen LogP contribution in [0.3, 0.4) is 0 Å². The largest absolute Gasteiger partial charge is 0.383 e. The molecule has 0 aromatic rings. The molecule has 0 saturated heterocycles. The SMILES string of the molecule is CC#CCCNC(CCC)COC. The first kappa shape index (κ1) is 12.5. The van der Waals surface area contributed by atoms with Crippen molar-refractivity contribution in [3.63, 3.8) is 0 Å². The summed E-state index contributed by atoms with van der Waals surface area (Å²) in [5, 5.41) is 3.43. The summed E-state index contributed by atoms with van der Waals surface area (Å²) in [7, 11) is 1.75. The van der Waals surface area contributed by atoms with E-state index in [-0.39, 0.29) is 0 Å². The minimum absolute atomic E-state index is 0.494. The minimum atomic E-state index is 0.494. The van der Waals surface area contributed by atoms with Gasteiger partial charge in [-0.1, -0.05) is 13.3 Å². The van der Waals surface area contributed by atoms with Crippen LogP contribution in [0, 0.1) is 11.8 Å². The van der Waals surface area contributed by atoms with Crippen LogP contribution < -0.4 is 5.32 Å². The Morgan fingerprint density at radius 3 is 2.77 bits per heavy atom. The summed E-state index contributed by atoms with van der Waals surface area (Å²) in [6.07, 6.45) is 3.30. The summed E-state index contributed by atoms with van der Waals surface area (Å²) in [5.41, 5.74) is 0. The zero-order valence-corrected chi connectivity index (χ0v) is 9.02. The first-order valence-electron chi connectivity index (χ1n) is 4.97. The fourth-order valence-electron chi connectivity index (χ4n) is 1.26. The van der Waals surface area contributed by atoms with E-state index in [1.807, 2.05) is 6.92 Å². The van der Waals surface area contributed by atoms with Gasteiger partial charge in [-0.05, 0) is 13.3 Å². The van der Waals surface area contributed by atoms with Crippen LogP contribution in [-0.4, -0.2) is 26.3 Å². The first-order chi connectivity index (χ1) is 6.35. The van der Waals surface area contributed by atoms with E-state index in [1.54, 1.807) is 7.11 Å². The fourth-order valence-corrected chi connectivity index (χ4v) is 1.26. The number of nitrogens with one attached hydrogen (secondary N) is 1. The number of hydrogen-bond acceptors (Lipinski definition) is 2. The molecule has 0 aromatic heterocycles. The Morgan fingerprint density at radius 1 is 1.46 bits per heavy atom. The Hall–Kier alpha value is -0.520. The second kappa shape index (κ2) is 9.57. The van der Waals surface area contributed by atoms with Crippen LogP contribution in [0.4, 0.5) is 0 Å². The van der Waals surface area contributed by atoms with E-state index in [9.17, 15) is 0 Å². The predicted molar refractivity (Wildman–Crippen MR) is 56.6 cm³/mol. The first-order valence-corrected chi connectivity index (χ1v) is 4.97. The molecule has 0 amide bonds. The van der Waals surface area contributed by atoms with Crippen LogP contribution in [0.15, 0.2) is 0 Å². The summed E-state index contributed by atoms with van der Waals surface area (Å²) < 4.78 is 5.12. The van der Waals surface area contributed by atoms with E-state index in [1.165, 1.54) is 12.8 Å². The van der Waals surface area contributed by atoms with Crippen LogP contribution in [-0.2, 0) is 4.74 Å². The van der Waals surface area contributed by atoms with Crippen molar-refractivity contribution in [2.24, 2.45) is 0 Å². The molecule has 0 saturated carbocycles. The van der Waals surface area contributed by atoms with Gasteiger partial charge in [-0.3, -0.25) is 0 Å². The fraction of sp³-hybridized carbons (Fsp3) is 0.818. The third-order valence-electron chi connectivity index (χ3n) is 1.86. The molecule has 2 nitrogen and oxygen atoms in total. The molecule has 13 heavy (non-hydrogen) atoms. The van der Waals surface area contributed by atoms with Crippen LogP contribution in [0.1, 0.15) is 33.1 Å². The summed E-state index contributed by atoms with van der Waals surface area (Å²) in [4.78, 5) is 0. The lowest BCUT2D eigenvalue weighted by Crippen LogP contribution is -2.33. The van der Waals surface area contributed by atoms with Gasteiger partial charge in [-0.25, -0.2) is 0 Å². The van der Waals surface area contributed by atoms with Crippen molar-refractivity contribution in [1.29, 1.82) is 0 Å². The molecule has 1 atom stereocenters. The van der Waals surface area contributed by atoms with Crippen molar-refractivity contribution in [3.05, 3.63) is 0 Å². The Bertz CT molecular complexity index is 151. The Balaban J connectivity index is 3.47. The van der Waals surface area contributed by atoms with E-state index in [2.05, 4.69) is 24.1 Å². The minimum Gasteiger partial charge on any atom is -0.383 e. The number of methoxy groups -OCH3 is 1. The van der Waals surface area contributed by atoms with Crippen LogP contribution in [0.2, 0.25) is 0 Å². The summed E-state index contributed by atoms with van der Waals surface area (Å²) in [6.45, 7) is 5.83. The Kier molecular flexibility index (Phi) is 9.18. The highest BCUT2D eigenvalue weighted by Crippen LogP contribution is 1.96. The number of ether oxygens (including phenoxy) is 1. The van der Waals surface area contributed by atoms with Crippen molar-refractivity contribution in [2.75, 3.05) is 20.3 Å². The van der Waals surface area contributed by atoms with Crippen LogP contribution in [0.5, 0.6) is 0 Å². The van der Waals surface area contributed by atoms with Gasteiger partial charge in [0.2, 0.25) is 0 Å². The average molecular weight is 183 g/mol. The molecule has 1 unspecified atom stereocenters. The van der Waals surface area contributed by atoms with Crippen molar-refractivity contribution >= 4 is 0 Å². The van der Waals surface area contributed by atoms with Gasteiger partial charge < -0.3 is 10.1 Å². The van der Waals surface area contributed by atoms with Crippen molar-refractivity contribution < 1.29 is 4.74 Å². The lowest BCUT2D eigenvalue weighted by atomic mass is 10.2. The molecule has 0 aliphatic carbocycles. The maximum Gasteiger partial charge on any atom is 0.0615 e. The second-order valence-corrected chi connectivity index (χ2v) is 3.07. The lowest BCUT2D eigenvalue weighted by molar-refractivity contribution is 0.162. The zero-order valence-electron chi connectivity index (χ0n) is 9.02. The van der Waals surface area contributed by atoms with Gasteiger partial charge >= 0.3 is 0 Å². The quantitative estimate of drug-likeness (QED) is 0.480. The number of rotatable bonds is 7. The summed E-state index contributed by atoms with van der Waals surface area (Å²) in [5.74, 6) is 5.92. The van der Waals surface area contributed by atoms with E-state index >= 15 is 0 Å². The van der Waals surface area contributed by atoms with Crippen molar-refractivity contribution in [1.82, 2.24) is 5.32 Å². The van der Waals surface area contributed by atoms with Gasteiger partial charge in [0.1, 0.15) is 0 Å². The molecular weight excluding hydrogens is 162 g/mol. The zero-order chi connectivity index (χ0) is 9.94. The molecule has 76 valence electrons. The van der Waals surface area contributed by atoms with Gasteiger partial charge in [0.05, 0.1) is 6.61 Å². The van der Waals surface area contributed by atoms with Crippen LogP contribution >= 0.6 is 0 Å². The maximum absolute atomic E-state index is 5.12. The van der Waals surface area contributed by atoms with Gasteiger partial charge in [0.15, 0.2) is 0 Å². The predicted octanol–water partition coefficient (Wildman–Crippen LogP) is 1.80. The lowest BCUT2D eigenvalue weighted by Gasteiger charge is -2.15. The molecule has 0 bridgehead atoms. The van der Waals surface area contributed by atoms with Crippen molar-refractivity contribution in [3.8, 4) is 11.8 Å².